The van der Waals surface area contributed by atoms with Gasteiger partial charge >= 0.3 is 0 Å². The average Bonchev–Trinajstić information content (AvgIpc) is 2.99. The Hall–Kier alpha value is -0.780. The van der Waals surface area contributed by atoms with E-state index in [0.29, 0.717) is 0 Å². The lowest BCUT2D eigenvalue weighted by Crippen LogP contribution is -2.02. The van der Waals surface area contributed by atoms with E-state index in [0.717, 1.165) is 11.8 Å². The van der Waals surface area contributed by atoms with Crippen LogP contribution in [-0.4, -0.2) is 0 Å². The van der Waals surface area contributed by atoms with Gasteiger partial charge in [-0.2, -0.15) is 0 Å². The predicted octanol–water partition coefficient (Wildman–Crippen LogP) is 4.29. The number of hydrogen-bond acceptors (Lipinski definition) is 0. The number of benzene rings is 1. The van der Waals surface area contributed by atoms with Crippen molar-refractivity contribution in [1.29, 1.82) is 0 Å². The number of aryl methyl sites for hydroxylation is 1. The highest BCUT2D eigenvalue weighted by Gasteiger charge is 2.31. The summed E-state index contributed by atoms with van der Waals surface area (Å²) in [5, 5.41) is 0. The lowest BCUT2D eigenvalue weighted by molar-refractivity contribution is 0.547. The van der Waals surface area contributed by atoms with Crippen LogP contribution in [0.25, 0.3) is 0 Å². The first-order valence-corrected chi connectivity index (χ1v) is 5.88. The van der Waals surface area contributed by atoms with Gasteiger partial charge in [0.25, 0.3) is 0 Å². The van der Waals surface area contributed by atoms with Crippen LogP contribution < -0.4 is 0 Å². The minimum absolute atomic E-state index is 0.848. The molecule has 0 heterocycles. The highest BCUT2D eigenvalue weighted by molar-refractivity contribution is 5.30. The van der Waals surface area contributed by atoms with Gasteiger partial charge in [0.05, 0.1) is 0 Å². The van der Waals surface area contributed by atoms with E-state index in [4.69, 9.17) is 0 Å². The molecule has 1 aliphatic rings. The second kappa shape index (κ2) is 4.16. The summed E-state index contributed by atoms with van der Waals surface area (Å²) in [7, 11) is 0. The third kappa shape index (κ3) is 2.00. The van der Waals surface area contributed by atoms with Crippen molar-refractivity contribution < 1.29 is 0 Å². The molecular formula is C14H20. The summed E-state index contributed by atoms with van der Waals surface area (Å²) < 4.78 is 0. The summed E-state index contributed by atoms with van der Waals surface area (Å²) in [5.41, 5.74) is 3.09. The molecule has 1 saturated carbocycles. The van der Waals surface area contributed by atoms with Gasteiger partial charge in [0.2, 0.25) is 0 Å². The highest BCUT2D eigenvalue weighted by Crippen LogP contribution is 2.45. The maximum Gasteiger partial charge on any atom is -0.0131 e. The van der Waals surface area contributed by atoms with Crippen LogP contribution in [0, 0.1) is 12.8 Å². The van der Waals surface area contributed by atoms with Gasteiger partial charge in [-0.25, -0.2) is 0 Å². The van der Waals surface area contributed by atoms with Crippen molar-refractivity contribution in [2.45, 2.75) is 45.4 Å². The zero-order chi connectivity index (χ0) is 9.97. The van der Waals surface area contributed by atoms with Gasteiger partial charge in [-0.15, -0.1) is 0 Å². The van der Waals surface area contributed by atoms with E-state index < -0.39 is 0 Å². The SMILES string of the molecule is CCCC(c1ccccc1C)C1CC1. The van der Waals surface area contributed by atoms with Gasteiger partial charge < -0.3 is 0 Å². The lowest BCUT2D eigenvalue weighted by Gasteiger charge is -2.18. The van der Waals surface area contributed by atoms with Crippen LogP contribution in [0.5, 0.6) is 0 Å². The van der Waals surface area contributed by atoms with Crippen molar-refractivity contribution in [2.24, 2.45) is 5.92 Å². The quantitative estimate of drug-likeness (QED) is 0.661. The molecule has 2 rings (SSSR count). The van der Waals surface area contributed by atoms with Crippen LogP contribution in [-0.2, 0) is 0 Å². The maximum absolute atomic E-state index is 2.33. The van der Waals surface area contributed by atoms with Gasteiger partial charge in [0.1, 0.15) is 0 Å². The molecular weight excluding hydrogens is 168 g/mol. The Labute approximate surface area is 87.3 Å². The Kier molecular flexibility index (Phi) is 2.90. The Morgan fingerprint density at radius 3 is 2.57 bits per heavy atom. The summed E-state index contributed by atoms with van der Waals surface area (Å²) in [5.74, 6) is 1.84. The maximum atomic E-state index is 2.33. The molecule has 0 spiro atoms. The molecule has 0 heteroatoms. The fourth-order valence-electron chi connectivity index (χ4n) is 2.46. The minimum atomic E-state index is 0.848. The van der Waals surface area contributed by atoms with E-state index in [1.807, 2.05) is 0 Å². The predicted molar refractivity (Wildman–Crippen MR) is 61.6 cm³/mol. The summed E-state index contributed by atoms with van der Waals surface area (Å²) >= 11 is 0. The zero-order valence-electron chi connectivity index (χ0n) is 9.29. The molecule has 1 aliphatic carbocycles. The minimum Gasteiger partial charge on any atom is -0.0654 e. The van der Waals surface area contributed by atoms with Crippen LogP contribution in [0.1, 0.15) is 49.7 Å². The van der Waals surface area contributed by atoms with E-state index in [-0.39, 0.29) is 0 Å². The second-order valence-electron chi connectivity index (χ2n) is 4.59. The molecule has 1 atom stereocenters. The molecule has 1 aromatic carbocycles. The fourth-order valence-corrected chi connectivity index (χ4v) is 2.46. The molecule has 1 fully saturated rings. The van der Waals surface area contributed by atoms with Crippen molar-refractivity contribution in [3.8, 4) is 0 Å². The molecule has 0 bridgehead atoms. The van der Waals surface area contributed by atoms with Gasteiger partial charge in [0, 0.05) is 0 Å². The van der Waals surface area contributed by atoms with Crippen LogP contribution in [0.4, 0.5) is 0 Å². The van der Waals surface area contributed by atoms with Crippen molar-refractivity contribution in [1.82, 2.24) is 0 Å². The number of hydrogen-bond donors (Lipinski definition) is 0. The van der Waals surface area contributed by atoms with Crippen LogP contribution in [0.3, 0.4) is 0 Å². The first-order chi connectivity index (χ1) is 6.83. The topological polar surface area (TPSA) is 0 Å². The molecule has 0 nitrogen and oxygen atoms in total. The van der Waals surface area contributed by atoms with Crippen molar-refractivity contribution in [3.63, 3.8) is 0 Å². The lowest BCUT2D eigenvalue weighted by atomic mass is 9.87. The van der Waals surface area contributed by atoms with Crippen molar-refractivity contribution in [3.05, 3.63) is 35.4 Å². The van der Waals surface area contributed by atoms with Gasteiger partial charge in [0.15, 0.2) is 0 Å². The summed E-state index contributed by atoms with van der Waals surface area (Å²) in [6, 6.07) is 8.91. The molecule has 0 saturated heterocycles. The molecule has 0 aliphatic heterocycles. The van der Waals surface area contributed by atoms with E-state index in [2.05, 4.69) is 38.1 Å². The van der Waals surface area contributed by atoms with Gasteiger partial charge in [-0.3, -0.25) is 0 Å². The Morgan fingerprint density at radius 1 is 1.29 bits per heavy atom. The van der Waals surface area contributed by atoms with Gasteiger partial charge in [-0.05, 0) is 49.1 Å². The van der Waals surface area contributed by atoms with E-state index in [9.17, 15) is 0 Å². The van der Waals surface area contributed by atoms with Crippen LogP contribution >= 0.6 is 0 Å². The average molecular weight is 188 g/mol. The third-order valence-electron chi connectivity index (χ3n) is 3.38. The number of rotatable bonds is 4. The highest BCUT2D eigenvalue weighted by atomic mass is 14.4. The van der Waals surface area contributed by atoms with Crippen LogP contribution in [0.15, 0.2) is 24.3 Å². The molecule has 0 amide bonds. The largest absolute Gasteiger partial charge is 0.0654 e. The standard InChI is InChI=1S/C14H20/c1-3-6-14(12-9-10-12)13-8-5-4-7-11(13)2/h4-5,7-8,12,14H,3,6,9-10H2,1-2H3. The smallest absolute Gasteiger partial charge is 0.0131 e. The van der Waals surface area contributed by atoms with Crippen LogP contribution in [0.2, 0.25) is 0 Å². The van der Waals surface area contributed by atoms with Gasteiger partial charge in [-0.1, -0.05) is 37.6 Å². The molecule has 1 aromatic rings. The molecule has 0 aromatic heterocycles. The second-order valence-corrected chi connectivity index (χ2v) is 4.59. The Bertz CT molecular complexity index is 297. The molecule has 0 radical (unpaired) electrons. The third-order valence-corrected chi connectivity index (χ3v) is 3.38. The first kappa shape index (κ1) is 9.76. The van der Waals surface area contributed by atoms with E-state index in [1.165, 1.54) is 31.2 Å². The fraction of sp³-hybridized carbons (Fsp3) is 0.571. The molecule has 76 valence electrons. The van der Waals surface area contributed by atoms with Crippen molar-refractivity contribution >= 4 is 0 Å². The molecule has 0 N–H and O–H groups in total. The Balaban J connectivity index is 2.21. The monoisotopic (exact) mass is 188 g/mol. The van der Waals surface area contributed by atoms with E-state index in [1.54, 1.807) is 5.56 Å². The van der Waals surface area contributed by atoms with Crippen molar-refractivity contribution in [2.75, 3.05) is 0 Å². The summed E-state index contributed by atoms with van der Waals surface area (Å²) in [6.07, 6.45) is 5.60. The Morgan fingerprint density at radius 2 is 2.00 bits per heavy atom. The summed E-state index contributed by atoms with van der Waals surface area (Å²) in [4.78, 5) is 0. The first-order valence-electron chi connectivity index (χ1n) is 5.88. The summed E-state index contributed by atoms with van der Waals surface area (Å²) in [6.45, 7) is 4.55. The molecule has 14 heavy (non-hydrogen) atoms. The van der Waals surface area contributed by atoms with E-state index >= 15 is 0 Å². The normalized spacial score (nSPS) is 18.1. The molecule has 1 unspecified atom stereocenters. The zero-order valence-corrected chi connectivity index (χ0v) is 9.29.